The second-order valence-electron chi connectivity index (χ2n) is 12.8. The lowest BCUT2D eigenvalue weighted by Gasteiger charge is -2.33. The largest absolute Gasteiger partial charge is 0.0826 e. The molecule has 2 aliphatic carbocycles. The molecule has 252 valence electrons. The molecule has 0 N–H and O–H groups in total. The Hall–Kier alpha value is -4.94. The van der Waals surface area contributed by atoms with Crippen LogP contribution in [0, 0.1) is 0 Å². The Morgan fingerprint density at radius 2 is 0.642 bits per heavy atom. The molecule has 0 bridgehead atoms. The second-order valence-corrected chi connectivity index (χ2v) is 21.4. The summed E-state index contributed by atoms with van der Waals surface area (Å²) in [5.41, 5.74) is -4.65. The molecule has 4 heteroatoms. The molecule has 10 rings (SSSR count). The van der Waals surface area contributed by atoms with E-state index in [0.29, 0.717) is 21.2 Å². The molecule has 1 spiro atoms. The van der Waals surface area contributed by atoms with Gasteiger partial charge in [0.25, 0.3) is 0 Å². The highest BCUT2D eigenvalue weighted by molar-refractivity contribution is 8.26. The van der Waals surface area contributed by atoms with Crippen molar-refractivity contribution in [3.05, 3.63) is 228 Å². The summed E-state index contributed by atoms with van der Waals surface area (Å²) in [6.45, 7) is 0. The van der Waals surface area contributed by atoms with Gasteiger partial charge in [0.1, 0.15) is 0 Å². The maximum Gasteiger partial charge on any atom is 0.0726 e. The minimum absolute atomic E-state index is 0.0735. The van der Waals surface area contributed by atoms with Gasteiger partial charge in [0.05, 0.1) is 24.6 Å². The quantitative estimate of drug-likeness (QED) is 0.155. The van der Waals surface area contributed by atoms with Crippen LogP contribution in [0.15, 0.2) is 206 Å². The average molecular weight is 763 g/mol. The van der Waals surface area contributed by atoms with E-state index in [1.54, 1.807) is 121 Å². The fraction of sp³-hybridized carbons (Fsp3) is 0.0204. The first-order valence-electron chi connectivity index (χ1n) is 23.8. The molecular weight excluding hydrogens is 715 g/mol. The Morgan fingerprint density at radius 3 is 0.981 bits per heavy atom. The Kier molecular flexibility index (Phi) is 5.01. The fourth-order valence-corrected chi connectivity index (χ4v) is 14.7. The highest BCUT2D eigenvalue weighted by Gasteiger charge is 2.52. The van der Waals surface area contributed by atoms with Gasteiger partial charge in [-0.05, 0) is 88.4 Å². The molecule has 0 amide bonds. The maximum absolute atomic E-state index is 10.6. The minimum Gasteiger partial charge on any atom is -0.0826 e. The van der Waals surface area contributed by atoms with Crippen molar-refractivity contribution < 1.29 is 19.2 Å². The minimum atomic E-state index is -3.56. The molecule has 0 aliphatic heterocycles. The average Bonchev–Trinajstić information content (AvgIpc) is 3.84. The number of benzene rings is 8. The summed E-state index contributed by atoms with van der Waals surface area (Å²) < 4.78 is 136. The third kappa shape index (κ3) is 4.67. The van der Waals surface area contributed by atoms with Gasteiger partial charge in [-0.25, -0.2) is 0 Å². The Labute approximate surface area is 341 Å². The summed E-state index contributed by atoms with van der Waals surface area (Å²) in [4.78, 5) is 0. The van der Waals surface area contributed by atoms with Gasteiger partial charge < -0.3 is 0 Å². The predicted octanol–water partition coefficient (Wildman–Crippen LogP) is 9.54. The summed E-state index contributed by atoms with van der Waals surface area (Å²) in [5.74, 6) is 0. The smallest absolute Gasteiger partial charge is 0.0726 e. The van der Waals surface area contributed by atoms with Crippen molar-refractivity contribution in [1.82, 2.24) is 0 Å². The van der Waals surface area contributed by atoms with Gasteiger partial charge in [-0.3, -0.25) is 0 Å². The van der Waals surface area contributed by atoms with Crippen molar-refractivity contribution in [2.24, 2.45) is 0 Å². The third-order valence-electron chi connectivity index (χ3n) is 10.1. The Morgan fingerprint density at radius 1 is 0.340 bits per heavy atom. The van der Waals surface area contributed by atoms with Crippen LogP contribution in [0.4, 0.5) is 0 Å². The summed E-state index contributed by atoms with van der Waals surface area (Å²) in [6, 6.07) is 20.0. The topological polar surface area (TPSA) is 0 Å². The van der Waals surface area contributed by atoms with Crippen molar-refractivity contribution in [3.8, 4) is 22.3 Å². The van der Waals surface area contributed by atoms with Crippen molar-refractivity contribution in [1.29, 1.82) is 0 Å². The first-order valence-corrected chi connectivity index (χ1v) is 22.5. The molecule has 8 aromatic rings. The molecule has 0 unspecified atom stereocenters. The zero-order valence-corrected chi connectivity index (χ0v) is 31.2. The molecule has 2 aliphatic rings. The van der Waals surface area contributed by atoms with Crippen LogP contribution in [0.5, 0.6) is 0 Å². The predicted molar refractivity (Wildman–Crippen MR) is 235 cm³/mol. The zero-order valence-electron chi connectivity index (χ0n) is 41.8. The van der Waals surface area contributed by atoms with Gasteiger partial charge in [0.2, 0.25) is 0 Å². The Balaban J connectivity index is 1.52. The zero-order chi connectivity index (χ0) is 47.8. The van der Waals surface area contributed by atoms with Crippen molar-refractivity contribution >= 4 is 67.5 Å². The summed E-state index contributed by atoms with van der Waals surface area (Å²) in [7, 11) is 0. The van der Waals surface area contributed by atoms with E-state index in [0.717, 1.165) is 0 Å². The van der Waals surface area contributed by atoms with Gasteiger partial charge in [-0.2, -0.15) is 0 Å². The van der Waals surface area contributed by atoms with Crippen LogP contribution < -0.4 is 31.8 Å². The first kappa shape index (κ1) is 21.1. The molecule has 0 saturated heterocycles. The summed E-state index contributed by atoms with van der Waals surface area (Å²) >= 11 is 13.5. The normalized spacial score (nSPS) is 17.3. The molecule has 0 radical (unpaired) electrons. The van der Waals surface area contributed by atoms with Gasteiger partial charge >= 0.3 is 0 Å². The molecular formula is C49H34P2S2. The molecule has 0 atom stereocenters. The lowest BCUT2D eigenvalue weighted by atomic mass is 9.70. The molecule has 0 heterocycles. The number of hydrogen-bond acceptors (Lipinski definition) is 2. The molecule has 0 nitrogen and oxygen atoms in total. The van der Waals surface area contributed by atoms with Crippen LogP contribution in [0.1, 0.15) is 41.4 Å². The van der Waals surface area contributed by atoms with Crippen LogP contribution in [-0.4, -0.2) is 0 Å². The van der Waals surface area contributed by atoms with Crippen molar-refractivity contribution in [2.75, 3.05) is 0 Å². The first-order chi connectivity index (χ1) is 31.9. The van der Waals surface area contributed by atoms with Crippen LogP contribution in [-0.2, 0) is 29.0 Å². The van der Waals surface area contributed by atoms with E-state index >= 15 is 0 Å². The van der Waals surface area contributed by atoms with E-state index in [9.17, 15) is 13.7 Å². The lowest BCUT2D eigenvalue weighted by Crippen LogP contribution is -2.30. The molecule has 53 heavy (non-hydrogen) atoms. The molecule has 0 saturated carbocycles. The van der Waals surface area contributed by atoms with E-state index in [4.69, 9.17) is 29.1 Å². The standard InChI is InChI=1S/C49H34P2S2/c52-50(35-17-5-1-6-18-35,36-19-7-2-8-20-36)39-29-31-43-44-32-30-40(51(53,37-21-9-3-10-22-37)38-23-11-4-12-24-38)34-48(44)49(47(43)33-39)45-27-15-13-25-41(45)42-26-14-16-28-46(42)49/h1-34H/i13D,14D,15D,16D,25D,26D,27D,28D,29D,30D,31D,32D,33D,34D. The number of rotatable bonds is 6. The number of fused-ring (bicyclic) bond motifs is 10. The van der Waals surface area contributed by atoms with E-state index < -0.39 is 102 Å². The lowest BCUT2D eigenvalue weighted by molar-refractivity contribution is 0.795. The van der Waals surface area contributed by atoms with Crippen molar-refractivity contribution in [2.45, 2.75) is 5.41 Å². The van der Waals surface area contributed by atoms with Crippen LogP contribution in [0.2, 0.25) is 0 Å². The van der Waals surface area contributed by atoms with E-state index in [-0.39, 0.29) is 55.1 Å². The highest BCUT2D eigenvalue weighted by atomic mass is 32.4. The third-order valence-corrected chi connectivity index (χ3v) is 19.5. The van der Waals surface area contributed by atoms with Gasteiger partial charge in [-0.1, -0.05) is 217 Å². The highest BCUT2D eigenvalue weighted by Crippen LogP contribution is 2.63. The van der Waals surface area contributed by atoms with Gasteiger partial charge in [-0.15, -0.1) is 0 Å². The second kappa shape index (κ2) is 12.6. The van der Waals surface area contributed by atoms with Crippen LogP contribution in [0.3, 0.4) is 0 Å². The van der Waals surface area contributed by atoms with Crippen molar-refractivity contribution in [3.63, 3.8) is 0 Å². The number of hydrogen-bond donors (Lipinski definition) is 0. The maximum atomic E-state index is 10.6. The fourth-order valence-electron chi connectivity index (χ4n) is 7.72. The van der Waals surface area contributed by atoms with Gasteiger partial charge in [0.15, 0.2) is 0 Å². The van der Waals surface area contributed by atoms with E-state index in [1.807, 2.05) is 0 Å². The summed E-state index contributed by atoms with van der Waals surface area (Å²) in [5, 5.41) is 2.09. The SMILES string of the molecule is [2H]c1c([2H])c([2H])c2c(c1[2H])-c1c([2H])c([2H])c([2H])c([2H])c1C21c2c([2H])c(P(=S)(c3ccccc3)c3ccccc3)c([2H])c([2H])c2-c2c([2H])c([2H])c(P(=S)(c3ccccc3)c3ccccc3)c([2H])c21. The molecule has 8 aromatic carbocycles. The monoisotopic (exact) mass is 762 g/mol. The Bertz CT molecular complexity index is 3250. The molecule has 0 aromatic heterocycles. The van der Waals surface area contributed by atoms with E-state index in [1.165, 1.54) is 0 Å². The van der Waals surface area contributed by atoms with Crippen LogP contribution >= 0.6 is 12.1 Å². The summed E-state index contributed by atoms with van der Waals surface area (Å²) in [6.07, 6.45) is 0. The van der Waals surface area contributed by atoms with E-state index in [2.05, 4.69) is 0 Å². The van der Waals surface area contributed by atoms with Gasteiger partial charge in [0, 0.05) is 12.1 Å². The molecule has 0 fully saturated rings. The van der Waals surface area contributed by atoms with Crippen LogP contribution in [0.25, 0.3) is 22.3 Å².